The molecule has 0 heterocycles. The van der Waals surface area contributed by atoms with E-state index in [0.29, 0.717) is 0 Å². The molecule has 0 fully saturated rings. The van der Waals surface area contributed by atoms with Crippen molar-refractivity contribution >= 4 is 15.0 Å². The molecule has 12 heavy (non-hydrogen) atoms. The van der Waals surface area contributed by atoms with Crippen molar-refractivity contribution in [3.05, 3.63) is 0 Å². The molecule has 9 heteroatoms. The molecule has 0 aromatic rings. The number of hydrogen-bond acceptors (Lipinski definition) is 5. The molecule has 0 aliphatic rings. The average Bonchev–Trinajstić information content (AvgIpc) is 2.02. The Hall–Kier alpha value is 0.200. The third-order valence-corrected chi connectivity index (χ3v) is 5.44. The van der Waals surface area contributed by atoms with E-state index in [1.807, 2.05) is 0 Å². The van der Waals surface area contributed by atoms with Gasteiger partial charge >= 0.3 is 21.6 Å². The maximum atomic E-state index is 11.5. The molecule has 0 aromatic carbocycles. The largest absolute Gasteiger partial charge is 0.409 e. The van der Waals surface area contributed by atoms with Crippen LogP contribution in [0.5, 0.6) is 0 Å². The molecule has 0 amide bonds. The summed E-state index contributed by atoms with van der Waals surface area (Å²) < 4.78 is 56.5. The van der Waals surface area contributed by atoms with Gasteiger partial charge in [-0.05, 0) is 0 Å². The molecule has 74 valence electrons. The van der Waals surface area contributed by atoms with Crippen molar-refractivity contribution in [3.63, 3.8) is 0 Å². The lowest BCUT2D eigenvalue weighted by molar-refractivity contribution is -0.0426. The van der Waals surface area contributed by atoms with Gasteiger partial charge in [0.2, 0.25) is 0 Å². The number of hydrogen-bond donors (Lipinski definition) is 0. The SMILES string of the molecule is COP(=O)(OC)[PH](=O)OC(F)F. The maximum absolute atomic E-state index is 11.5. The Bertz CT molecular complexity index is 199. The van der Waals surface area contributed by atoms with Crippen molar-refractivity contribution in [1.29, 1.82) is 0 Å². The first-order chi connectivity index (χ1) is 5.46. The van der Waals surface area contributed by atoms with Crippen LogP contribution in [0.15, 0.2) is 0 Å². The summed E-state index contributed by atoms with van der Waals surface area (Å²) in [5.41, 5.74) is 0. The molecule has 0 bridgehead atoms. The van der Waals surface area contributed by atoms with Crippen LogP contribution in [0.3, 0.4) is 0 Å². The quantitative estimate of drug-likeness (QED) is 0.669. The van der Waals surface area contributed by atoms with Crippen LogP contribution in [0.4, 0.5) is 8.78 Å². The molecule has 0 rings (SSSR count). The van der Waals surface area contributed by atoms with Crippen LogP contribution in [-0.4, -0.2) is 20.8 Å². The van der Waals surface area contributed by atoms with Crippen LogP contribution < -0.4 is 0 Å². The topological polar surface area (TPSA) is 61.8 Å². The van der Waals surface area contributed by atoms with E-state index in [2.05, 4.69) is 13.6 Å². The predicted molar refractivity (Wildman–Crippen MR) is 37.7 cm³/mol. The molecule has 0 aliphatic heterocycles. The zero-order valence-corrected chi connectivity index (χ0v) is 8.22. The van der Waals surface area contributed by atoms with Crippen molar-refractivity contribution in [2.24, 2.45) is 0 Å². The molecule has 0 N–H and O–H groups in total. The summed E-state index contributed by atoms with van der Waals surface area (Å²) in [5.74, 6) is 0. The third-order valence-electron chi connectivity index (χ3n) is 0.894. The molecule has 1 atom stereocenters. The highest BCUT2D eigenvalue weighted by atomic mass is 32.1. The van der Waals surface area contributed by atoms with Gasteiger partial charge in [-0.2, -0.15) is 8.78 Å². The van der Waals surface area contributed by atoms with Crippen LogP contribution in [0, 0.1) is 0 Å². The lowest BCUT2D eigenvalue weighted by atomic mass is 11.5. The van der Waals surface area contributed by atoms with E-state index in [9.17, 15) is 17.9 Å². The van der Waals surface area contributed by atoms with E-state index in [0.717, 1.165) is 14.2 Å². The number of rotatable bonds is 5. The summed E-state index contributed by atoms with van der Waals surface area (Å²) >= 11 is 0. The lowest BCUT2D eigenvalue weighted by Gasteiger charge is -2.12. The van der Waals surface area contributed by atoms with Crippen LogP contribution in [-0.2, 0) is 22.7 Å². The molecule has 0 saturated heterocycles. The smallest absolute Gasteiger partial charge is 0.305 e. The second kappa shape index (κ2) is 5.04. The molecular weight excluding hydrogens is 216 g/mol. The lowest BCUT2D eigenvalue weighted by Crippen LogP contribution is -1.92. The van der Waals surface area contributed by atoms with Crippen molar-refractivity contribution in [2.45, 2.75) is 6.61 Å². The molecule has 1 unspecified atom stereocenters. The number of alkyl halides is 2. The standard InChI is InChI=1S/C3H8F2O5P2/c1-8-12(7,9-2)11(6)10-3(4)5/h3,11H,1-2H3. The van der Waals surface area contributed by atoms with E-state index < -0.39 is 21.6 Å². The fourth-order valence-corrected chi connectivity index (χ4v) is 2.61. The molecule has 0 saturated carbocycles. The third kappa shape index (κ3) is 3.29. The molecule has 0 aromatic heterocycles. The first-order valence-electron chi connectivity index (χ1n) is 2.67. The summed E-state index contributed by atoms with van der Waals surface area (Å²) in [5, 5.41) is 0. The van der Waals surface area contributed by atoms with Gasteiger partial charge in [0.05, 0.1) is 0 Å². The molecule has 0 spiro atoms. The second-order valence-corrected chi connectivity index (χ2v) is 6.74. The average molecular weight is 224 g/mol. The summed E-state index contributed by atoms with van der Waals surface area (Å²) in [6.07, 6.45) is 0. The summed E-state index contributed by atoms with van der Waals surface area (Å²) in [4.78, 5) is 0. The van der Waals surface area contributed by atoms with Crippen molar-refractivity contribution in [2.75, 3.05) is 14.2 Å². The van der Waals surface area contributed by atoms with Crippen molar-refractivity contribution < 1.29 is 31.5 Å². The monoisotopic (exact) mass is 224 g/mol. The van der Waals surface area contributed by atoms with E-state index in [1.54, 1.807) is 0 Å². The Morgan fingerprint density at radius 3 is 2.00 bits per heavy atom. The first kappa shape index (κ1) is 12.2. The highest BCUT2D eigenvalue weighted by Gasteiger charge is 2.33. The van der Waals surface area contributed by atoms with E-state index in [1.165, 1.54) is 0 Å². The van der Waals surface area contributed by atoms with Crippen LogP contribution >= 0.6 is 15.0 Å². The van der Waals surface area contributed by atoms with Crippen molar-refractivity contribution in [1.82, 2.24) is 0 Å². The maximum Gasteiger partial charge on any atom is 0.409 e. The molecule has 5 nitrogen and oxygen atoms in total. The Balaban J connectivity index is 4.34. The van der Waals surface area contributed by atoms with Gasteiger partial charge in [0, 0.05) is 14.2 Å². The summed E-state index contributed by atoms with van der Waals surface area (Å²) in [6, 6.07) is 0. The van der Waals surface area contributed by atoms with E-state index in [-0.39, 0.29) is 0 Å². The molecular formula is C3H8F2O5P2. The number of halogens is 2. The Morgan fingerprint density at radius 1 is 1.33 bits per heavy atom. The van der Waals surface area contributed by atoms with Gasteiger partial charge in [0.25, 0.3) is 0 Å². The van der Waals surface area contributed by atoms with Gasteiger partial charge in [-0.3, -0.25) is 9.09 Å². The zero-order chi connectivity index (χ0) is 9.78. The summed E-state index contributed by atoms with van der Waals surface area (Å²) in [7, 11) is -5.63. The van der Waals surface area contributed by atoms with E-state index in [4.69, 9.17) is 0 Å². The second-order valence-electron chi connectivity index (χ2n) is 1.51. The van der Waals surface area contributed by atoms with Crippen LogP contribution in [0.2, 0.25) is 0 Å². The fourth-order valence-electron chi connectivity index (χ4n) is 0.364. The highest BCUT2D eigenvalue weighted by Crippen LogP contribution is 2.70. The van der Waals surface area contributed by atoms with Gasteiger partial charge < -0.3 is 9.05 Å². The zero-order valence-electron chi connectivity index (χ0n) is 6.32. The normalized spacial score (nSPS) is 15.1. The predicted octanol–water partition coefficient (Wildman–Crippen LogP) is 2.10. The van der Waals surface area contributed by atoms with E-state index >= 15 is 0 Å². The van der Waals surface area contributed by atoms with Gasteiger partial charge in [-0.25, -0.2) is 4.57 Å². The Kier molecular flexibility index (Phi) is 5.13. The van der Waals surface area contributed by atoms with Gasteiger partial charge in [0.15, 0.2) is 0 Å². The Labute approximate surface area is 68.3 Å². The molecule has 0 aliphatic carbocycles. The minimum atomic E-state index is -3.98. The van der Waals surface area contributed by atoms with Gasteiger partial charge in [0.1, 0.15) is 0 Å². The minimum Gasteiger partial charge on any atom is -0.305 e. The Morgan fingerprint density at radius 2 is 1.75 bits per heavy atom. The molecule has 0 radical (unpaired) electrons. The summed E-state index contributed by atoms with van der Waals surface area (Å²) in [6.45, 7) is -3.25. The highest BCUT2D eigenvalue weighted by molar-refractivity contribution is 8.21. The first-order valence-corrected chi connectivity index (χ1v) is 6.37. The minimum absolute atomic E-state index is 0.932. The van der Waals surface area contributed by atoms with Gasteiger partial charge in [-0.15, -0.1) is 0 Å². The van der Waals surface area contributed by atoms with Crippen molar-refractivity contribution in [3.8, 4) is 0 Å². The van der Waals surface area contributed by atoms with Crippen LogP contribution in [0.1, 0.15) is 0 Å². The fraction of sp³-hybridized carbons (Fsp3) is 1.00. The van der Waals surface area contributed by atoms with Crippen LogP contribution in [0.25, 0.3) is 0 Å². The van der Waals surface area contributed by atoms with Gasteiger partial charge in [-0.1, -0.05) is 0 Å².